The van der Waals surface area contributed by atoms with E-state index in [1.807, 2.05) is 0 Å². The maximum Gasteiger partial charge on any atom is 0.212 e. The van der Waals surface area contributed by atoms with E-state index in [2.05, 4.69) is 16.6 Å². The van der Waals surface area contributed by atoms with Gasteiger partial charge in [-0.25, -0.2) is 13.1 Å². The van der Waals surface area contributed by atoms with Crippen LogP contribution in [0.5, 0.6) is 0 Å². The first kappa shape index (κ1) is 14.0. The Bertz CT molecular complexity index is 240. The fourth-order valence-electron chi connectivity index (χ4n) is 0.745. The third-order valence-electron chi connectivity index (χ3n) is 1.42. The van der Waals surface area contributed by atoms with Crippen molar-refractivity contribution in [2.24, 2.45) is 0 Å². The van der Waals surface area contributed by atoms with Gasteiger partial charge in [0.2, 0.25) is 10.0 Å². The summed E-state index contributed by atoms with van der Waals surface area (Å²) in [5.74, 6) is 1.78. The molecule has 0 aliphatic heterocycles. The van der Waals surface area contributed by atoms with Crippen LogP contribution in [-0.2, 0) is 10.0 Å². The van der Waals surface area contributed by atoms with E-state index in [0.29, 0.717) is 13.1 Å². The van der Waals surface area contributed by atoms with Gasteiger partial charge in [-0.2, -0.15) is 11.8 Å². The molecule has 0 aromatic rings. The van der Waals surface area contributed by atoms with Crippen LogP contribution in [0.3, 0.4) is 0 Å². The minimum atomic E-state index is -3.08. The third-order valence-corrected chi connectivity index (χ3v) is 3.77. The Morgan fingerprint density at radius 2 is 2.14 bits per heavy atom. The summed E-state index contributed by atoms with van der Waals surface area (Å²) in [6.07, 6.45) is 1.81. The average molecular weight is 238 g/mol. The number of nitrogens with one attached hydrogen (secondary N) is 2. The molecule has 0 rings (SSSR count). The molecular formula is C8H18N2O2S2. The number of hydrogen-bond donors (Lipinski definition) is 2. The summed E-state index contributed by atoms with van der Waals surface area (Å²) in [7, 11) is -1.35. The molecule has 0 bridgehead atoms. The summed E-state index contributed by atoms with van der Waals surface area (Å²) in [5.41, 5.74) is 0. The highest BCUT2D eigenvalue weighted by Gasteiger charge is 2.07. The van der Waals surface area contributed by atoms with E-state index in [-0.39, 0.29) is 5.75 Å². The van der Waals surface area contributed by atoms with Crippen molar-refractivity contribution in [2.45, 2.75) is 0 Å². The molecule has 0 fully saturated rings. The SMILES string of the molecule is C=CCSCCNS(=O)(=O)CCNC. The monoisotopic (exact) mass is 238 g/mol. The van der Waals surface area contributed by atoms with Gasteiger partial charge in [0.15, 0.2) is 0 Å². The van der Waals surface area contributed by atoms with Crippen molar-refractivity contribution in [1.29, 1.82) is 0 Å². The summed E-state index contributed by atoms with van der Waals surface area (Å²) in [6, 6.07) is 0. The Labute approximate surface area is 90.6 Å². The molecule has 0 saturated carbocycles. The summed E-state index contributed by atoms with van der Waals surface area (Å²) in [4.78, 5) is 0. The Kier molecular flexibility index (Phi) is 8.26. The maximum absolute atomic E-state index is 11.2. The molecule has 0 radical (unpaired) electrons. The van der Waals surface area contributed by atoms with Crippen molar-refractivity contribution in [3.05, 3.63) is 12.7 Å². The molecule has 84 valence electrons. The predicted molar refractivity (Wildman–Crippen MR) is 63.2 cm³/mol. The Morgan fingerprint density at radius 3 is 2.71 bits per heavy atom. The summed E-state index contributed by atoms with van der Waals surface area (Å²) < 4.78 is 25.0. The summed E-state index contributed by atoms with van der Waals surface area (Å²) in [6.45, 7) is 4.55. The lowest BCUT2D eigenvalue weighted by Crippen LogP contribution is -2.32. The van der Waals surface area contributed by atoms with Crippen molar-refractivity contribution in [3.8, 4) is 0 Å². The van der Waals surface area contributed by atoms with Gasteiger partial charge < -0.3 is 5.32 Å². The third kappa shape index (κ3) is 8.55. The number of sulfonamides is 1. The molecule has 0 aliphatic carbocycles. The fourth-order valence-corrected chi connectivity index (χ4v) is 2.48. The van der Waals surface area contributed by atoms with Crippen LogP contribution in [0.25, 0.3) is 0 Å². The van der Waals surface area contributed by atoms with Gasteiger partial charge in [0.25, 0.3) is 0 Å². The first-order valence-corrected chi connectivity index (χ1v) is 7.23. The van der Waals surface area contributed by atoms with Gasteiger partial charge in [-0.05, 0) is 7.05 Å². The topological polar surface area (TPSA) is 58.2 Å². The molecule has 0 aromatic carbocycles. The quantitative estimate of drug-likeness (QED) is 0.440. The lowest BCUT2D eigenvalue weighted by atomic mass is 10.8. The first-order chi connectivity index (χ1) is 6.62. The molecular weight excluding hydrogens is 220 g/mol. The van der Waals surface area contributed by atoms with Gasteiger partial charge in [-0.1, -0.05) is 6.08 Å². The van der Waals surface area contributed by atoms with E-state index >= 15 is 0 Å². The molecule has 6 heteroatoms. The van der Waals surface area contributed by atoms with Crippen molar-refractivity contribution in [2.75, 3.05) is 37.4 Å². The van der Waals surface area contributed by atoms with Gasteiger partial charge in [0.1, 0.15) is 0 Å². The molecule has 0 amide bonds. The maximum atomic E-state index is 11.2. The molecule has 0 unspecified atom stereocenters. The summed E-state index contributed by atoms with van der Waals surface area (Å²) >= 11 is 1.66. The lowest BCUT2D eigenvalue weighted by molar-refractivity contribution is 0.582. The highest BCUT2D eigenvalue weighted by atomic mass is 32.2. The predicted octanol–water partition coefficient (Wildman–Crippen LogP) is 0.0444. The smallest absolute Gasteiger partial charge is 0.212 e. The van der Waals surface area contributed by atoms with Crippen LogP contribution in [0.1, 0.15) is 0 Å². The van der Waals surface area contributed by atoms with Crippen LogP contribution in [0.15, 0.2) is 12.7 Å². The first-order valence-electron chi connectivity index (χ1n) is 4.43. The molecule has 0 aliphatic rings. The van der Waals surface area contributed by atoms with E-state index in [9.17, 15) is 8.42 Å². The number of thioether (sulfide) groups is 1. The zero-order valence-corrected chi connectivity index (χ0v) is 10.1. The van der Waals surface area contributed by atoms with Crippen LogP contribution in [-0.4, -0.2) is 45.8 Å². The minimum absolute atomic E-state index is 0.135. The highest BCUT2D eigenvalue weighted by Crippen LogP contribution is 1.97. The van der Waals surface area contributed by atoms with E-state index < -0.39 is 10.0 Å². The van der Waals surface area contributed by atoms with Gasteiger partial charge in [-0.15, -0.1) is 6.58 Å². The van der Waals surface area contributed by atoms with Crippen LogP contribution in [0.2, 0.25) is 0 Å². The average Bonchev–Trinajstić information content (AvgIpc) is 2.15. The molecule has 14 heavy (non-hydrogen) atoms. The van der Waals surface area contributed by atoms with Crippen LogP contribution in [0, 0.1) is 0 Å². The van der Waals surface area contributed by atoms with Gasteiger partial charge in [-0.3, -0.25) is 0 Å². The molecule has 2 N–H and O–H groups in total. The van der Waals surface area contributed by atoms with Gasteiger partial charge >= 0.3 is 0 Å². The van der Waals surface area contributed by atoms with E-state index in [4.69, 9.17) is 0 Å². The van der Waals surface area contributed by atoms with Crippen molar-refractivity contribution < 1.29 is 8.42 Å². The zero-order chi connectivity index (χ0) is 10.9. The molecule has 4 nitrogen and oxygen atoms in total. The molecule has 0 saturated heterocycles. The molecule has 0 atom stereocenters. The van der Waals surface area contributed by atoms with Crippen LogP contribution in [0.4, 0.5) is 0 Å². The normalized spacial score (nSPS) is 11.5. The van der Waals surface area contributed by atoms with Gasteiger partial charge in [0.05, 0.1) is 5.75 Å². The van der Waals surface area contributed by atoms with E-state index in [1.165, 1.54) is 0 Å². The molecule has 0 spiro atoms. The number of rotatable bonds is 9. The van der Waals surface area contributed by atoms with Crippen molar-refractivity contribution in [3.63, 3.8) is 0 Å². The largest absolute Gasteiger partial charge is 0.319 e. The molecule has 0 aromatic heterocycles. The fraction of sp³-hybridized carbons (Fsp3) is 0.750. The Morgan fingerprint density at radius 1 is 1.43 bits per heavy atom. The highest BCUT2D eigenvalue weighted by molar-refractivity contribution is 7.99. The van der Waals surface area contributed by atoms with E-state index in [1.54, 1.807) is 24.9 Å². The molecule has 0 heterocycles. The number of hydrogen-bond acceptors (Lipinski definition) is 4. The standard InChI is InChI=1S/C8H18N2O2S2/c1-3-6-13-7-4-10-14(11,12)8-5-9-2/h3,9-10H,1,4-8H2,2H3. The summed E-state index contributed by atoms with van der Waals surface area (Å²) in [5, 5.41) is 2.80. The van der Waals surface area contributed by atoms with Gasteiger partial charge in [0, 0.05) is 24.6 Å². The lowest BCUT2D eigenvalue weighted by Gasteiger charge is -2.05. The second-order valence-corrected chi connectivity index (χ2v) is 5.76. The second-order valence-electron chi connectivity index (χ2n) is 2.68. The second kappa shape index (κ2) is 8.28. The Balaban J connectivity index is 3.50. The van der Waals surface area contributed by atoms with Crippen molar-refractivity contribution >= 4 is 21.8 Å². The van der Waals surface area contributed by atoms with E-state index in [0.717, 1.165) is 11.5 Å². The minimum Gasteiger partial charge on any atom is -0.319 e. The van der Waals surface area contributed by atoms with Crippen LogP contribution < -0.4 is 10.0 Å². The van der Waals surface area contributed by atoms with Crippen molar-refractivity contribution in [1.82, 2.24) is 10.0 Å². The zero-order valence-electron chi connectivity index (χ0n) is 8.45. The van der Waals surface area contributed by atoms with Crippen LogP contribution >= 0.6 is 11.8 Å². The Hall–Kier alpha value is -0.0400.